The minimum Gasteiger partial charge on any atom is -0.330 e. The zero-order chi connectivity index (χ0) is 11.6. The molecule has 0 saturated carbocycles. The molecular formula is C12H15N3S. The predicted octanol–water partition coefficient (Wildman–Crippen LogP) is 2.44. The van der Waals surface area contributed by atoms with Crippen LogP contribution in [0.15, 0.2) is 29.6 Å². The van der Waals surface area contributed by atoms with E-state index in [4.69, 9.17) is 5.73 Å². The van der Waals surface area contributed by atoms with Gasteiger partial charge < -0.3 is 5.73 Å². The largest absolute Gasteiger partial charge is 0.330 e. The van der Waals surface area contributed by atoms with Gasteiger partial charge >= 0.3 is 0 Å². The van der Waals surface area contributed by atoms with Crippen molar-refractivity contribution in [3.8, 4) is 10.6 Å². The Kier molecular flexibility index (Phi) is 3.03. The molecule has 0 spiro atoms. The smallest absolute Gasteiger partial charge is 0.103 e. The van der Waals surface area contributed by atoms with Crippen LogP contribution in [-0.2, 0) is 5.41 Å². The Balaban J connectivity index is 2.30. The number of rotatable bonds is 3. The molecule has 0 aliphatic heterocycles. The van der Waals surface area contributed by atoms with Gasteiger partial charge in [0.15, 0.2) is 0 Å². The minimum absolute atomic E-state index is 0.110. The van der Waals surface area contributed by atoms with Crippen LogP contribution >= 0.6 is 11.3 Å². The van der Waals surface area contributed by atoms with E-state index in [9.17, 15) is 0 Å². The lowest BCUT2D eigenvalue weighted by molar-refractivity contribution is 0.514. The summed E-state index contributed by atoms with van der Waals surface area (Å²) < 4.78 is 0. The number of nitrogens with zero attached hydrogens (tertiary/aromatic N) is 2. The monoisotopic (exact) mass is 233 g/mol. The molecule has 0 unspecified atom stereocenters. The number of aromatic nitrogens is 2. The van der Waals surface area contributed by atoms with E-state index in [-0.39, 0.29) is 5.41 Å². The third kappa shape index (κ3) is 2.13. The Morgan fingerprint density at radius 3 is 2.56 bits per heavy atom. The first-order valence-electron chi connectivity index (χ1n) is 5.21. The fraction of sp³-hybridized carbons (Fsp3) is 0.333. The molecule has 4 heteroatoms. The molecule has 84 valence electrons. The van der Waals surface area contributed by atoms with Crippen molar-refractivity contribution in [3.05, 3.63) is 35.3 Å². The molecule has 2 aromatic rings. The molecule has 0 saturated heterocycles. The second kappa shape index (κ2) is 4.31. The van der Waals surface area contributed by atoms with E-state index in [1.807, 2.05) is 29.6 Å². The van der Waals surface area contributed by atoms with Crippen molar-refractivity contribution in [2.24, 2.45) is 5.73 Å². The van der Waals surface area contributed by atoms with Gasteiger partial charge in [-0.25, -0.2) is 0 Å². The molecule has 3 nitrogen and oxygen atoms in total. The van der Waals surface area contributed by atoms with Gasteiger partial charge in [-0.1, -0.05) is 19.9 Å². The lowest BCUT2D eigenvalue weighted by Gasteiger charge is -2.20. The van der Waals surface area contributed by atoms with Crippen LogP contribution in [0.5, 0.6) is 0 Å². The average molecular weight is 233 g/mol. The summed E-state index contributed by atoms with van der Waals surface area (Å²) in [6.07, 6.45) is 0. The first-order valence-corrected chi connectivity index (χ1v) is 6.09. The van der Waals surface area contributed by atoms with Crippen molar-refractivity contribution in [3.63, 3.8) is 0 Å². The standard InChI is InChI=1S/C12H15N3S/c1-12(2,8-13)11-6-5-9(14-15-11)10-4-3-7-16-10/h3-7H,8,13H2,1-2H3. The van der Waals surface area contributed by atoms with Gasteiger partial charge in [-0.3, -0.25) is 0 Å². The van der Waals surface area contributed by atoms with Gasteiger partial charge in [0.25, 0.3) is 0 Å². The van der Waals surface area contributed by atoms with Gasteiger partial charge in [-0.15, -0.1) is 16.4 Å². The molecule has 2 N–H and O–H groups in total. The van der Waals surface area contributed by atoms with E-state index in [2.05, 4.69) is 24.0 Å². The topological polar surface area (TPSA) is 51.8 Å². The maximum Gasteiger partial charge on any atom is 0.103 e. The van der Waals surface area contributed by atoms with Crippen molar-refractivity contribution in [1.29, 1.82) is 0 Å². The van der Waals surface area contributed by atoms with Gasteiger partial charge in [0.1, 0.15) is 5.69 Å². The van der Waals surface area contributed by atoms with Crippen LogP contribution in [0.4, 0.5) is 0 Å². The van der Waals surface area contributed by atoms with E-state index < -0.39 is 0 Å². The summed E-state index contributed by atoms with van der Waals surface area (Å²) in [6, 6.07) is 8.07. The highest BCUT2D eigenvalue weighted by molar-refractivity contribution is 7.13. The number of hydrogen-bond donors (Lipinski definition) is 1. The molecule has 2 heterocycles. The van der Waals surface area contributed by atoms with Crippen molar-refractivity contribution < 1.29 is 0 Å². The number of thiophene rings is 1. The lowest BCUT2D eigenvalue weighted by Crippen LogP contribution is -2.29. The van der Waals surface area contributed by atoms with E-state index in [0.717, 1.165) is 16.3 Å². The van der Waals surface area contributed by atoms with Crippen molar-refractivity contribution >= 4 is 11.3 Å². The number of hydrogen-bond acceptors (Lipinski definition) is 4. The van der Waals surface area contributed by atoms with Crippen molar-refractivity contribution in [1.82, 2.24) is 10.2 Å². The summed E-state index contributed by atoms with van der Waals surface area (Å²) in [4.78, 5) is 1.14. The normalized spacial score (nSPS) is 11.7. The maximum absolute atomic E-state index is 5.71. The predicted molar refractivity (Wildman–Crippen MR) is 67.4 cm³/mol. The SMILES string of the molecule is CC(C)(CN)c1ccc(-c2cccs2)nn1. The van der Waals surface area contributed by atoms with Gasteiger partial charge in [0.2, 0.25) is 0 Å². The van der Waals surface area contributed by atoms with E-state index in [1.54, 1.807) is 11.3 Å². The summed E-state index contributed by atoms with van der Waals surface area (Å²) in [6.45, 7) is 4.71. The fourth-order valence-electron chi connectivity index (χ4n) is 1.35. The fourth-order valence-corrected chi connectivity index (χ4v) is 2.04. The first-order chi connectivity index (χ1) is 7.63. The molecule has 0 aliphatic carbocycles. The van der Waals surface area contributed by atoms with Crippen LogP contribution in [0.25, 0.3) is 10.6 Å². The Hall–Kier alpha value is -1.26. The Morgan fingerprint density at radius 1 is 1.25 bits per heavy atom. The molecule has 16 heavy (non-hydrogen) atoms. The van der Waals surface area contributed by atoms with E-state index in [0.29, 0.717) is 6.54 Å². The van der Waals surface area contributed by atoms with Crippen LogP contribution in [0.3, 0.4) is 0 Å². The molecule has 0 radical (unpaired) electrons. The molecular weight excluding hydrogens is 218 g/mol. The zero-order valence-electron chi connectivity index (χ0n) is 9.47. The third-order valence-electron chi connectivity index (χ3n) is 2.64. The van der Waals surface area contributed by atoms with E-state index >= 15 is 0 Å². The summed E-state index contributed by atoms with van der Waals surface area (Å²) in [5, 5.41) is 10.5. The first kappa shape index (κ1) is 11.2. The average Bonchev–Trinajstić information content (AvgIpc) is 2.83. The van der Waals surface area contributed by atoms with Gasteiger partial charge in [-0.05, 0) is 23.6 Å². The molecule has 0 fully saturated rings. The third-order valence-corrected chi connectivity index (χ3v) is 3.53. The highest BCUT2D eigenvalue weighted by atomic mass is 32.1. The van der Waals surface area contributed by atoms with Crippen LogP contribution in [0.2, 0.25) is 0 Å². The van der Waals surface area contributed by atoms with Gasteiger partial charge in [0, 0.05) is 12.0 Å². The molecule has 0 atom stereocenters. The molecule has 2 rings (SSSR count). The van der Waals surface area contributed by atoms with E-state index in [1.165, 1.54) is 0 Å². The van der Waals surface area contributed by atoms with Crippen molar-refractivity contribution in [2.75, 3.05) is 6.54 Å². The number of nitrogens with two attached hydrogens (primary N) is 1. The summed E-state index contributed by atoms with van der Waals surface area (Å²) in [5.74, 6) is 0. The van der Waals surface area contributed by atoms with Gasteiger partial charge in [-0.2, -0.15) is 5.10 Å². The second-order valence-corrected chi connectivity index (χ2v) is 5.32. The molecule has 2 aromatic heterocycles. The van der Waals surface area contributed by atoms with Crippen LogP contribution in [0, 0.1) is 0 Å². The second-order valence-electron chi connectivity index (χ2n) is 4.37. The summed E-state index contributed by atoms with van der Waals surface area (Å²) >= 11 is 1.67. The van der Waals surface area contributed by atoms with Crippen LogP contribution in [-0.4, -0.2) is 16.7 Å². The zero-order valence-corrected chi connectivity index (χ0v) is 10.3. The highest BCUT2D eigenvalue weighted by Crippen LogP contribution is 2.24. The molecule has 0 bridgehead atoms. The quantitative estimate of drug-likeness (QED) is 0.886. The molecule has 0 aromatic carbocycles. The maximum atomic E-state index is 5.71. The van der Waals surface area contributed by atoms with Crippen LogP contribution < -0.4 is 5.73 Å². The Bertz CT molecular complexity index is 446. The lowest BCUT2D eigenvalue weighted by atomic mass is 9.89. The minimum atomic E-state index is -0.110. The summed E-state index contributed by atoms with van der Waals surface area (Å²) in [5.41, 5.74) is 7.46. The summed E-state index contributed by atoms with van der Waals surface area (Å²) in [7, 11) is 0. The van der Waals surface area contributed by atoms with Gasteiger partial charge in [0.05, 0.1) is 10.6 Å². The molecule has 0 aliphatic rings. The highest BCUT2D eigenvalue weighted by Gasteiger charge is 2.20. The van der Waals surface area contributed by atoms with Crippen molar-refractivity contribution in [2.45, 2.75) is 19.3 Å². The van der Waals surface area contributed by atoms with Crippen LogP contribution in [0.1, 0.15) is 19.5 Å². The Labute approximate surface area is 99.3 Å². The Morgan fingerprint density at radius 2 is 2.06 bits per heavy atom. The molecule has 0 amide bonds.